The monoisotopic (exact) mass is 317 g/mol. The highest BCUT2D eigenvalue weighted by Crippen LogP contribution is 2.26. The zero-order chi connectivity index (χ0) is 15.7. The lowest BCUT2D eigenvalue weighted by Gasteiger charge is -2.00. The molecule has 112 valence electrons. The SMILES string of the molecule is Cc1ccc2occ(CC(=O)Nc3ncc([N+](=O)[O-])s3)c2c1. The number of carbonyl (C=O) groups is 1. The van der Waals surface area contributed by atoms with Crippen LogP contribution in [-0.4, -0.2) is 15.8 Å². The molecule has 1 aromatic carbocycles. The predicted molar refractivity (Wildman–Crippen MR) is 82.1 cm³/mol. The van der Waals surface area contributed by atoms with Crippen molar-refractivity contribution in [1.82, 2.24) is 4.98 Å². The summed E-state index contributed by atoms with van der Waals surface area (Å²) in [6.45, 7) is 1.96. The van der Waals surface area contributed by atoms with Gasteiger partial charge in [0.1, 0.15) is 11.8 Å². The summed E-state index contributed by atoms with van der Waals surface area (Å²) in [6.07, 6.45) is 2.79. The Kier molecular flexibility index (Phi) is 3.60. The van der Waals surface area contributed by atoms with Gasteiger partial charge in [-0.05, 0) is 30.4 Å². The smallest absolute Gasteiger partial charge is 0.345 e. The van der Waals surface area contributed by atoms with Crippen molar-refractivity contribution in [2.75, 3.05) is 5.32 Å². The molecular formula is C14H11N3O4S. The number of rotatable bonds is 4. The fraction of sp³-hybridized carbons (Fsp3) is 0.143. The van der Waals surface area contributed by atoms with Crippen LogP contribution >= 0.6 is 11.3 Å². The summed E-state index contributed by atoms with van der Waals surface area (Å²) in [5.74, 6) is -0.298. The Balaban J connectivity index is 1.75. The van der Waals surface area contributed by atoms with Crippen LogP contribution in [-0.2, 0) is 11.2 Å². The third-order valence-electron chi connectivity index (χ3n) is 3.08. The van der Waals surface area contributed by atoms with E-state index in [0.29, 0.717) is 0 Å². The van der Waals surface area contributed by atoms with E-state index in [9.17, 15) is 14.9 Å². The van der Waals surface area contributed by atoms with Crippen molar-refractivity contribution in [2.24, 2.45) is 0 Å². The van der Waals surface area contributed by atoms with E-state index >= 15 is 0 Å². The van der Waals surface area contributed by atoms with Crippen LogP contribution in [0.4, 0.5) is 10.1 Å². The van der Waals surface area contributed by atoms with Crippen LogP contribution in [0.3, 0.4) is 0 Å². The van der Waals surface area contributed by atoms with Crippen LogP contribution in [0.25, 0.3) is 11.0 Å². The molecule has 0 saturated carbocycles. The number of fused-ring (bicyclic) bond motifs is 1. The van der Waals surface area contributed by atoms with Crippen LogP contribution in [0, 0.1) is 17.0 Å². The summed E-state index contributed by atoms with van der Waals surface area (Å²) in [7, 11) is 0. The first-order chi connectivity index (χ1) is 10.5. The highest BCUT2D eigenvalue weighted by molar-refractivity contribution is 7.18. The van der Waals surface area contributed by atoms with Crippen molar-refractivity contribution in [1.29, 1.82) is 0 Å². The standard InChI is InChI=1S/C14H11N3O4S/c1-8-2-3-11-10(4-8)9(7-21-11)5-12(18)16-14-15-6-13(22-14)17(19)20/h2-4,6-7H,5H2,1H3,(H,15,16,18). The maximum atomic E-state index is 12.0. The summed E-state index contributed by atoms with van der Waals surface area (Å²) in [5, 5.41) is 14.1. The minimum atomic E-state index is -0.542. The van der Waals surface area contributed by atoms with Gasteiger partial charge in [0.05, 0.1) is 17.6 Å². The first kappa shape index (κ1) is 14.2. The van der Waals surface area contributed by atoms with Gasteiger partial charge in [-0.25, -0.2) is 4.98 Å². The second kappa shape index (κ2) is 5.57. The van der Waals surface area contributed by atoms with Gasteiger partial charge in [-0.2, -0.15) is 0 Å². The summed E-state index contributed by atoms with van der Waals surface area (Å²) in [6, 6.07) is 5.75. The van der Waals surface area contributed by atoms with Crippen LogP contribution in [0.5, 0.6) is 0 Å². The minimum Gasteiger partial charge on any atom is -0.464 e. The van der Waals surface area contributed by atoms with Crippen molar-refractivity contribution in [2.45, 2.75) is 13.3 Å². The largest absolute Gasteiger partial charge is 0.464 e. The van der Waals surface area contributed by atoms with Crippen LogP contribution < -0.4 is 5.32 Å². The summed E-state index contributed by atoms with van der Waals surface area (Å²) in [4.78, 5) is 25.9. The Labute approximate surface area is 128 Å². The highest BCUT2D eigenvalue weighted by atomic mass is 32.1. The molecule has 0 aliphatic heterocycles. The molecule has 0 aliphatic rings. The van der Waals surface area contributed by atoms with Crippen molar-refractivity contribution in [3.8, 4) is 0 Å². The highest BCUT2D eigenvalue weighted by Gasteiger charge is 2.15. The normalized spacial score (nSPS) is 10.8. The molecule has 7 nitrogen and oxygen atoms in total. The van der Waals surface area contributed by atoms with Crippen LogP contribution in [0.2, 0.25) is 0 Å². The number of nitro groups is 1. The number of aromatic nitrogens is 1. The quantitative estimate of drug-likeness (QED) is 0.588. The van der Waals surface area contributed by atoms with Gasteiger partial charge in [0.15, 0.2) is 5.13 Å². The molecule has 2 heterocycles. The van der Waals surface area contributed by atoms with E-state index in [1.807, 2.05) is 25.1 Å². The fourth-order valence-electron chi connectivity index (χ4n) is 2.08. The van der Waals surface area contributed by atoms with Gasteiger partial charge in [0, 0.05) is 10.9 Å². The molecule has 0 atom stereocenters. The molecule has 22 heavy (non-hydrogen) atoms. The lowest BCUT2D eigenvalue weighted by atomic mass is 10.1. The maximum absolute atomic E-state index is 12.0. The number of nitrogens with zero attached hydrogens (tertiary/aromatic N) is 2. The number of hydrogen-bond acceptors (Lipinski definition) is 6. The average Bonchev–Trinajstić information content (AvgIpc) is 3.07. The molecule has 1 amide bonds. The van der Waals surface area contributed by atoms with Crippen molar-refractivity contribution in [3.05, 3.63) is 51.9 Å². The van der Waals surface area contributed by atoms with Crippen LogP contribution in [0.15, 0.2) is 35.1 Å². The Morgan fingerprint density at radius 1 is 1.50 bits per heavy atom. The zero-order valence-electron chi connectivity index (χ0n) is 11.5. The Hall–Kier alpha value is -2.74. The Bertz CT molecular complexity index is 868. The molecule has 0 saturated heterocycles. The Morgan fingerprint density at radius 2 is 2.32 bits per heavy atom. The second-order valence-electron chi connectivity index (χ2n) is 4.75. The van der Waals surface area contributed by atoms with Gasteiger partial charge in [0.25, 0.3) is 0 Å². The number of aryl methyl sites for hydroxylation is 1. The van der Waals surface area contributed by atoms with E-state index in [1.54, 1.807) is 6.26 Å². The molecule has 0 spiro atoms. The van der Waals surface area contributed by atoms with Crippen molar-refractivity contribution < 1.29 is 14.1 Å². The molecule has 0 unspecified atom stereocenters. The molecule has 2 aromatic heterocycles. The Morgan fingerprint density at radius 3 is 3.05 bits per heavy atom. The van der Waals surface area contributed by atoms with E-state index < -0.39 is 4.92 Å². The number of anilines is 1. The number of amides is 1. The fourth-order valence-corrected chi connectivity index (χ4v) is 2.73. The van der Waals surface area contributed by atoms with Gasteiger partial charge < -0.3 is 9.73 Å². The number of carbonyl (C=O) groups excluding carboxylic acids is 1. The molecule has 3 rings (SSSR count). The van der Waals surface area contributed by atoms with Crippen molar-refractivity contribution in [3.63, 3.8) is 0 Å². The van der Waals surface area contributed by atoms with E-state index in [1.165, 1.54) is 0 Å². The summed E-state index contributed by atoms with van der Waals surface area (Å²) < 4.78 is 5.41. The maximum Gasteiger partial charge on any atom is 0.345 e. The van der Waals surface area contributed by atoms with Gasteiger partial charge >= 0.3 is 5.00 Å². The van der Waals surface area contributed by atoms with Gasteiger partial charge in [-0.3, -0.25) is 14.9 Å². The third kappa shape index (κ3) is 2.82. The van der Waals surface area contributed by atoms with E-state index in [-0.39, 0.29) is 22.5 Å². The van der Waals surface area contributed by atoms with E-state index in [0.717, 1.165) is 39.6 Å². The summed E-state index contributed by atoms with van der Waals surface area (Å²) >= 11 is 0.822. The molecule has 0 bridgehead atoms. The number of furan rings is 1. The number of nitrogens with one attached hydrogen (secondary N) is 1. The molecule has 3 aromatic rings. The second-order valence-corrected chi connectivity index (χ2v) is 5.76. The van der Waals surface area contributed by atoms with E-state index in [4.69, 9.17) is 4.42 Å². The third-order valence-corrected chi connectivity index (χ3v) is 3.94. The summed E-state index contributed by atoms with van der Waals surface area (Å²) in [5.41, 5.74) is 2.56. The van der Waals surface area contributed by atoms with Gasteiger partial charge in [-0.1, -0.05) is 11.6 Å². The molecule has 8 heteroatoms. The average molecular weight is 317 g/mol. The zero-order valence-corrected chi connectivity index (χ0v) is 12.3. The minimum absolute atomic E-state index is 0.111. The topological polar surface area (TPSA) is 98.3 Å². The van der Waals surface area contributed by atoms with E-state index in [2.05, 4.69) is 10.3 Å². The number of hydrogen-bond donors (Lipinski definition) is 1. The molecule has 0 aliphatic carbocycles. The van der Waals surface area contributed by atoms with Crippen molar-refractivity contribution >= 4 is 38.3 Å². The van der Waals surface area contributed by atoms with Crippen LogP contribution in [0.1, 0.15) is 11.1 Å². The lowest BCUT2D eigenvalue weighted by Crippen LogP contribution is -2.13. The first-order valence-corrected chi connectivity index (χ1v) is 7.21. The van der Waals surface area contributed by atoms with Gasteiger partial charge in [0.2, 0.25) is 5.91 Å². The number of thiazole rings is 1. The number of benzene rings is 1. The van der Waals surface area contributed by atoms with Gasteiger partial charge in [-0.15, -0.1) is 0 Å². The molecule has 1 N–H and O–H groups in total. The molecular weight excluding hydrogens is 306 g/mol. The molecule has 0 fully saturated rings. The molecule has 0 radical (unpaired) electrons. The first-order valence-electron chi connectivity index (χ1n) is 6.40. The predicted octanol–water partition coefficient (Wildman–Crippen LogP) is 3.29. The lowest BCUT2D eigenvalue weighted by molar-refractivity contribution is -0.380.